The van der Waals surface area contributed by atoms with Gasteiger partial charge in [-0.25, -0.2) is 0 Å². The number of aliphatic hydroxyl groups excluding tert-OH is 2. The molecule has 3 aromatic rings. The molecule has 0 spiro atoms. The minimum Gasteiger partial charge on any atom is -0.507 e. The van der Waals surface area contributed by atoms with Crippen molar-refractivity contribution >= 4 is 34.2 Å². The number of phenols is 3. The second-order valence-electron chi connectivity index (χ2n) is 12.4. The lowest BCUT2D eigenvalue weighted by molar-refractivity contribution is -0.253. The summed E-state index contributed by atoms with van der Waals surface area (Å²) >= 11 is 2.03. The van der Waals surface area contributed by atoms with Crippen molar-refractivity contribution in [2.75, 3.05) is 7.11 Å². The summed E-state index contributed by atoms with van der Waals surface area (Å²) < 4.78 is 18.4. The first kappa shape index (κ1) is 33.6. The van der Waals surface area contributed by atoms with Crippen molar-refractivity contribution in [2.24, 2.45) is 0 Å². The van der Waals surface area contributed by atoms with Crippen LogP contribution in [-0.4, -0.2) is 85.6 Å². The molecule has 7 N–H and O–H groups in total. The molecular formula is C34H36INO11. The Morgan fingerprint density at radius 3 is 2.49 bits per heavy atom. The van der Waals surface area contributed by atoms with Gasteiger partial charge < -0.3 is 50.2 Å². The lowest BCUT2D eigenvalue weighted by atomic mass is 9.71. The van der Waals surface area contributed by atoms with E-state index in [9.17, 15) is 40.2 Å². The van der Waals surface area contributed by atoms with Crippen LogP contribution in [0.15, 0.2) is 36.4 Å². The maximum Gasteiger partial charge on any atom is 0.202 e. The topological polar surface area (TPSA) is 195 Å². The SMILES string of the molecule is COc1cccc2c1C(=O)c1c(O)c3c(c(O)c1C2=O)C[C@@](O)(C(C)O)C[C@@H]3O[C@H]1C[C@H](NCc2ccc(O)c([125I])c2)[C@H](O)[C@H](C)O1. The van der Waals surface area contributed by atoms with Gasteiger partial charge >= 0.3 is 0 Å². The zero-order valence-electron chi connectivity index (χ0n) is 25.9. The summed E-state index contributed by atoms with van der Waals surface area (Å²) in [6.45, 7) is 3.43. The molecule has 0 bridgehead atoms. The van der Waals surface area contributed by atoms with Crippen LogP contribution >= 0.6 is 22.6 Å². The quantitative estimate of drug-likeness (QED) is 0.108. The first-order valence-electron chi connectivity index (χ1n) is 15.2. The Morgan fingerprint density at radius 2 is 1.81 bits per heavy atom. The van der Waals surface area contributed by atoms with Gasteiger partial charge in [0.05, 0.1) is 57.4 Å². The van der Waals surface area contributed by atoms with E-state index in [1.807, 2.05) is 28.7 Å². The van der Waals surface area contributed by atoms with Crippen LogP contribution in [0.3, 0.4) is 0 Å². The third-order valence-electron chi connectivity index (χ3n) is 9.49. The highest BCUT2D eigenvalue weighted by Crippen LogP contribution is 2.53. The molecule has 0 radical (unpaired) electrons. The highest BCUT2D eigenvalue weighted by atomic mass is 125. The van der Waals surface area contributed by atoms with Crippen molar-refractivity contribution in [3.05, 3.63) is 78.9 Å². The number of phenolic OH excluding ortho intramolecular Hbond substituents is 3. The molecule has 3 aromatic carbocycles. The highest BCUT2D eigenvalue weighted by Gasteiger charge is 2.49. The molecule has 0 amide bonds. The Hall–Kier alpha value is -3.31. The van der Waals surface area contributed by atoms with Crippen LogP contribution in [0.25, 0.3) is 0 Å². The molecule has 1 aliphatic heterocycles. The number of methoxy groups -OCH3 is 1. The fourth-order valence-electron chi connectivity index (χ4n) is 6.81. The summed E-state index contributed by atoms with van der Waals surface area (Å²) in [6, 6.07) is 9.14. The number of carbonyl (C=O) groups is 2. The lowest BCUT2D eigenvalue weighted by Crippen LogP contribution is -2.54. The Bertz CT molecular complexity index is 1760. The summed E-state index contributed by atoms with van der Waals surface area (Å²) in [5, 5.41) is 69.6. The van der Waals surface area contributed by atoms with Gasteiger partial charge in [-0.15, -0.1) is 0 Å². The molecule has 1 fully saturated rings. The summed E-state index contributed by atoms with van der Waals surface area (Å²) in [6.07, 6.45) is -5.56. The van der Waals surface area contributed by atoms with Crippen LogP contribution in [0.4, 0.5) is 0 Å². The summed E-state index contributed by atoms with van der Waals surface area (Å²) in [5.41, 5.74) is -1.87. The molecule has 3 aliphatic rings. The maximum absolute atomic E-state index is 13.9. The fraction of sp³-hybridized carbons (Fsp3) is 0.412. The Kier molecular flexibility index (Phi) is 9.02. The number of hydrogen-bond acceptors (Lipinski definition) is 12. The molecule has 1 heterocycles. The van der Waals surface area contributed by atoms with Crippen molar-refractivity contribution in [1.29, 1.82) is 0 Å². The largest absolute Gasteiger partial charge is 0.507 e. The van der Waals surface area contributed by atoms with E-state index in [1.165, 1.54) is 32.2 Å². The third-order valence-corrected chi connectivity index (χ3v) is 10.3. The number of rotatable bonds is 7. The van der Waals surface area contributed by atoms with Crippen LogP contribution in [0.2, 0.25) is 0 Å². The minimum absolute atomic E-state index is 0.00312. The van der Waals surface area contributed by atoms with E-state index < -0.39 is 76.5 Å². The molecule has 1 unspecified atom stereocenters. The van der Waals surface area contributed by atoms with Gasteiger partial charge in [-0.2, -0.15) is 0 Å². The number of carbonyl (C=O) groups excluding carboxylic acids is 2. The number of nitrogens with one attached hydrogen (secondary N) is 1. The van der Waals surface area contributed by atoms with Gasteiger partial charge in [-0.1, -0.05) is 18.2 Å². The average Bonchev–Trinajstić information content (AvgIpc) is 3.03. The van der Waals surface area contributed by atoms with E-state index in [4.69, 9.17) is 14.2 Å². The zero-order valence-corrected chi connectivity index (χ0v) is 28.0. The number of fused-ring (bicyclic) bond motifs is 3. The molecular weight excluding hydrogens is 723 g/mol. The average molecular weight is 760 g/mol. The van der Waals surface area contributed by atoms with Crippen molar-refractivity contribution in [2.45, 2.75) is 82.0 Å². The van der Waals surface area contributed by atoms with E-state index in [-0.39, 0.29) is 53.0 Å². The van der Waals surface area contributed by atoms with Gasteiger partial charge in [0.2, 0.25) is 5.78 Å². The Labute approximate surface area is 284 Å². The van der Waals surface area contributed by atoms with Crippen LogP contribution in [-0.2, 0) is 22.4 Å². The monoisotopic (exact) mass is 759 g/mol. The number of hydrogen-bond donors (Lipinski definition) is 7. The summed E-state index contributed by atoms with van der Waals surface area (Å²) in [7, 11) is 1.35. The Morgan fingerprint density at radius 1 is 1.09 bits per heavy atom. The number of aromatic hydroxyl groups is 3. The second-order valence-corrected chi connectivity index (χ2v) is 13.6. The molecule has 47 heavy (non-hydrogen) atoms. The second kappa shape index (κ2) is 12.6. The molecule has 6 rings (SSSR count). The molecule has 1 saturated heterocycles. The first-order chi connectivity index (χ1) is 22.2. The highest BCUT2D eigenvalue weighted by molar-refractivity contribution is 14.1. The maximum atomic E-state index is 13.9. The van der Waals surface area contributed by atoms with E-state index >= 15 is 0 Å². The number of ether oxygens (including phenoxy) is 3. The van der Waals surface area contributed by atoms with Gasteiger partial charge in [0.15, 0.2) is 12.1 Å². The van der Waals surface area contributed by atoms with E-state index in [0.29, 0.717) is 10.1 Å². The number of benzene rings is 3. The van der Waals surface area contributed by atoms with Crippen molar-refractivity contribution in [3.63, 3.8) is 0 Å². The molecule has 7 atom stereocenters. The molecule has 0 saturated carbocycles. The Balaban J connectivity index is 1.36. The molecule has 13 heteroatoms. The number of ketones is 2. The predicted octanol–water partition coefficient (Wildman–Crippen LogP) is 2.96. The van der Waals surface area contributed by atoms with Crippen LogP contribution in [0, 0.1) is 3.57 Å². The van der Waals surface area contributed by atoms with Gasteiger partial charge in [-0.05, 0) is 60.2 Å². The number of halogens is 1. The van der Waals surface area contributed by atoms with Crippen molar-refractivity contribution in [3.8, 4) is 23.0 Å². The molecule has 250 valence electrons. The van der Waals surface area contributed by atoms with Crippen molar-refractivity contribution < 1.29 is 54.4 Å². The van der Waals surface area contributed by atoms with E-state index in [0.717, 1.165) is 5.56 Å². The van der Waals surface area contributed by atoms with Gasteiger partial charge in [0.25, 0.3) is 0 Å². The third kappa shape index (κ3) is 5.77. The lowest BCUT2D eigenvalue weighted by Gasteiger charge is -2.44. The van der Waals surface area contributed by atoms with Crippen LogP contribution in [0.1, 0.15) is 81.3 Å². The molecule has 2 aliphatic carbocycles. The van der Waals surface area contributed by atoms with E-state index in [1.54, 1.807) is 19.1 Å². The minimum atomic E-state index is -1.84. The smallest absolute Gasteiger partial charge is 0.202 e. The van der Waals surface area contributed by atoms with Crippen LogP contribution in [0.5, 0.6) is 23.0 Å². The predicted molar refractivity (Wildman–Crippen MR) is 175 cm³/mol. The van der Waals surface area contributed by atoms with E-state index in [2.05, 4.69) is 5.32 Å². The fourth-order valence-corrected chi connectivity index (χ4v) is 7.39. The standard InChI is InChI=1S/C34H36INO11/c1-14-29(39)20(36-13-16-7-8-21(38)19(35)9-16)10-24(46-14)47-23-12-34(44,15(2)37)11-18-26(23)33(43)28-27(31(18)41)30(40)17-5-4-6-22(45-3)25(17)32(28)42/h4-9,14-15,20,23-24,29,36-39,41,43-44H,10-13H2,1-3H3/t14-,15?,20-,23-,24-,29+,34-/m0/s1/i35-2. The van der Waals surface area contributed by atoms with Gasteiger partial charge in [0.1, 0.15) is 23.0 Å². The van der Waals surface area contributed by atoms with Crippen LogP contribution < -0.4 is 10.1 Å². The zero-order chi connectivity index (χ0) is 33.9. The van der Waals surface area contributed by atoms with Gasteiger partial charge in [0, 0.05) is 48.5 Å². The normalized spacial score (nSPS) is 27.5. The molecule has 0 aromatic heterocycles. The summed E-state index contributed by atoms with van der Waals surface area (Å²) in [5.74, 6) is -2.32. The van der Waals surface area contributed by atoms with Crippen molar-refractivity contribution in [1.82, 2.24) is 5.32 Å². The number of aliphatic hydroxyl groups is 3. The summed E-state index contributed by atoms with van der Waals surface area (Å²) in [4.78, 5) is 27.6. The molecule has 12 nitrogen and oxygen atoms in total. The first-order valence-corrected chi connectivity index (χ1v) is 16.3. The van der Waals surface area contributed by atoms with Gasteiger partial charge in [-0.3, -0.25) is 9.59 Å².